The van der Waals surface area contributed by atoms with Crippen molar-refractivity contribution < 1.29 is 0 Å². The van der Waals surface area contributed by atoms with Crippen molar-refractivity contribution in [3.8, 4) is 0 Å². The van der Waals surface area contributed by atoms with Gasteiger partial charge in [-0.05, 0) is 39.2 Å². The van der Waals surface area contributed by atoms with Gasteiger partial charge in [-0.1, -0.05) is 0 Å². The number of hydrogen-bond acceptors (Lipinski definition) is 2. The van der Waals surface area contributed by atoms with Gasteiger partial charge in [0.2, 0.25) is 0 Å². The quantitative estimate of drug-likeness (QED) is 0.459. The Morgan fingerprint density at radius 3 is 2.93 bits per heavy atom. The van der Waals surface area contributed by atoms with Gasteiger partial charge in [0.1, 0.15) is 0 Å². The minimum atomic E-state index is 0.0895. The highest BCUT2D eigenvalue weighted by molar-refractivity contribution is 5.74. The highest BCUT2D eigenvalue weighted by Crippen LogP contribution is 2.17. The Morgan fingerprint density at radius 2 is 2.36 bits per heavy atom. The van der Waals surface area contributed by atoms with E-state index in [4.69, 9.17) is 11.1 Å². The molecule has 0 spiro atoms. The molecule has 4 heteroatoms. The number of likely N-dealkylation sites (tertiary alicyclic amines) is 1. The van der Waals surface area contributed by atoms with Crippen molar-refractivity contribution in [2.24, 2.45) is 11.7 Å². The number of hydrogen-bond donors (Lipinski definition) is 3. The van der Waals surface area contributed by atoms with E-state index in [2.05, 4.69) is 24.1 Å². The van der Waals surface area contributed by atoms with Crippen LogP contribution in [0.25, 0.3) is 0 Å². The summed E-state index contributed by atoms with van der Waals surface area (Å²) in [6, 6.07) is 0.634. The molecule has 0 saturated carbocycles. The molecule has 0 aromatic heterocycles. The summed E-state index contributed by atoms with van der Waals surface area (Å²) < 4.78 is 0. The van der Waals surface area contributed by atoms with Crippen LogP contribution in [0.3, 0.4) is 0 Å². The molecule has 4 nitrogen and oxygen atoms in total. The second-order valence-electron chi connectivity index (χ2n) is 4.39. The van der Waals surface area contributed by atoms with Crippen LogP contribution in [0.4, 0.5) is 0 Å². The van der Waals surface area contributed by atoms with Crippen LogP contribution < -0.4 is 11.1 Å². The van der Waals surface area contributed by atoms with E-state index in [1.807, 2.05) is 0 Å². The van der Waals surface area contributed by atoms with Gasteiger partial charge in [-0.2, -0.15) is 0 Å². The van der Waals surface area contributed by atoms with E-state index >= 15 is 0 Å². The maximum absolute atomic E-state index is 7.10. The molecule has 4 N–H and O–H groups in total. The van der Waals surface area contributed by atoms with Gasteiger partial charge >= 0.3 is 0 Å². The lowest BCUT2D eigenvalue weighted by atomic mass is 9.97. The minimum Gasteiger partial charge on any atom is -0.370 e. The normalized spacial score (nSPS) is 23.8. The number of guanidine groups is 1. The zero-order chi connectivity index (χ0) is 10.6. The van der Waals surface area contributed by atoms with Crippen molar-refractivity contribution in [2.75, 3.05) is 19.6 Å². The van der Waals surface area contributed by atoms with E-state index in [1.54, 1.807) is 0 Å². The first kappa shape index (κ1) is 11.3. The van der Waals surface area contributed by atoms with Crippen molar-refractivity contribution in [1.29, 1.82) is 5.41 Å². The average Bonchev–Trinajstić information content (AvgIpc) is 2.15. The summed E-state index contributed by atoms with van der Waals surface area (Å²) in [7, 11) is 0. The summed E-state index contributed by atoms with van der Waals surface area (Å²) in [6.45, 7) is 7.67. The van der Waals surface area contributed by atoms with Crippen molar-refractivity contribution in [2.45, 2.75) is 32.7 Å². The topological polar surface area (TPSA) is 65.1 Å². The van der Waals surface area contributed by atoms with Gasteiger partial charge in [-0.15, -0.1) is 0 Å². The zero-order valence-corrected chi connectivity index (χ0v) is 9.21. The van der Waals surface area contributed by atoms with Crippen LogP contribution in [0.1, 0.15) is 26.7 Å². The molecule has 0 aromatic rings. The molecule has 1 aliphatic rings. The molecule has 1 fully saturated rings. The molecule has 1 unspecified atom stereocenters. The first-order chi connectivity index (χ1) is 6.59. The number of nitrogens with two attached hydrogens (primary N) is 1. The van der Waals surface area contributed by atoms with Gasteiger partial charge in [0.05, 0.1) is 0 Å². The predicted octanol–water partition coefficient (Wildman–Crippen LogP) is 0.590. The van der Waals surface area contributed by atoms with Crippen molar-refractivity contribution in [3.63, 3.8) is 0 Å². The Balaban J connectivity index is 2.29. The van der Waals surface area contributed by atoms with Crippen LogP contribution in [-0.4, -0.2) is 36.5 Å². The molecular formula is C10H22N4. The van der Waals surface area contributed by atoms with Crippen LogP contribution in [0.5, 0.6) is 0 Å². The largest absolute Gasteiger partial charge is 0.370 e. The molecule has 14 heavy (non-hydrogen) atoms. The molecule has 0 aliphatic carbocycles. The summed E-state index contributed by atoms with van der Waals surface area (Å²) in [5, 5.41) is 10.0. The summed E-state index contributed by atoms with van der Waals surface area (Å²) in [5.41, 5.74) is 5.26. The molecule has 0 bridgehead atoms. The second-order valence-corrected chi connectivity index (χ2v) is 4.39. The molecule has 0 aromatic carbocycles. The monoisotopic (exact) mass is 198 g/mol. The molecule has 0 radical (unpaired) electrons. The minimum absolute atomic E-state index is 0.0895. The molecular weight excluding hydrogens is 176 g/mol. The van der Waals surface area contributed by atoms with Gasteiger partial charge in [0.15, 0.2) is 5.96 Å². The number of nitrogens with one attached hydrogen (secondary N) is 2. The molecule has 1 rings (SSSR count). The van der Waals surface area contributed by atoms with Crippen LogP contribution in [-0.2, 0) is 0 Å². The van der Waals surface area contributed by atoms with Gasteiger partial charge in [0, 0.05) is 19.1 Å². The van der Waals surface area contributed by atoms with E-state index in [0.717, 1.165) is 13.1 Å². The van der Waals surface area contributed by atoms with Crippen LogP contribution in [0.2, 0.25) is 0 Å². The van der Waals surface area contributed by atoms with E-state index in [0.29, 0.717) is 12.0 Å². The molecule has 1 heterocycles. The van der Waals surface area contributed by atoms with Crippen LogP contribution in [0.15, 0.2) is 0 Å². The maximum atomic E-state index is 7.10. The fourth-order valence-electron chi connectivity index (χ4n) is 1.99. The third-order valence-electron chi connectivity index (χ3n) is 2.86. The Hall–Kier alpha value is -0.770. The standard InChI is InChI=1S/C10H22N4/c1-8(2)14-5-3-4-9(7-14)6-13-10(11)12/h8-9H,3-7H2,1-2H3,(H4,11,12,13). The number of rotatable bonds is 3. The van der Waals surface area contributed by atoms with Gasteiger partial charge < -0.3 is 16.0 Å². The molecule has 1 atom stereocenters. The van der Waals surface area contributed by atoms with Crippen molar-refractivity contribution in [3.05, 3.63) is 0 Å². The molecule has 0 amide bonds. The van der Waals surface area contributed by atoms with Gasteiger partial charge in [-0.3, -0.25) is 5.41 Å². The highest BCUT2D eigenvalue weighted by atomic mass is 15.2. The Bertz CT molecular complexity index is 191. The number of piperidine rings is 1. The lowest BCUT2D eigenvalue weighted by molar-refractivity contribution is 0.141. The fourth-order valence-corrected chi connectivity index (χ4v) is 1.99. The smallest absolute Gasteiger partial charge is 0.185 e. The average molecular weight is 198 g/mol. The second kappa shape index (κ2) is 5.20. The first-order valence-electron chi connectivity index (χ1n) is 5.41. The lowest BCUT2D eigenvalue weighted by Gasteiger charge is -2.35. The summed E-state index contributed by atoms with van der Waals surface area (Å²) in [6.07, 6.45) is 2.52. The van der Waals surface area contributed by atoms with E-state index in [9.17, 15) is 0 Å². The molecule has 1 aliphatic heterocycles. The van der Waals surface area contributed by atoms with Crippen LogP contribution in [0, 0.1) is 11.3 Å². The van der Waals surface area contributed by atoms with E-state index < -0.39 is 0 Å². The van der Waals surface area contributed by atoms with Gasteiger partial charge in [-0.25, -0.2) is 0 Å². The third kappa shape index (κ3) is 3.54. The summed E-state index contributed by atoms with van der Waals surface area (Å²) in [5.74, 6) is 0.738. The number of nitrogens with zero attached hydrogens (tertiary/aromatic N) is 1. The van der Waals surface area contributed by atoms with Crippen molar-refractivity contribution >= 4 is 5.96 Å². The Labute approximate surface area is 86.4 Å². The molecule has 1 saturated heterocycles. The molecule has 82 valence electrons. The predicted molar refractivity (Wildman–Crippen MR) is 59.3 cm³/mol. The summed E-state index contributed by atoms with van der Waals surface area (Å²) >= 11 is 0. The van der Waals surface area contributed by atoms with Crippen LogP contribution >= 0.6 is 0 Å². The Kier molecular flexibility index (Phi) is 4.20. The zero-order valence-electron chi connectivity index (χ0n) is 9.21. The van der Waals surface area contributed by atoms with Gasteiger partial charge in [0.25, 0.3) is 0 Å². The highest BCUT2D eigenvalue weighted by Gasteiger charge is 2.21. The van der Waals surface area contributed by atoms with E-state index in [-0.39, 0.29) is 5.96 Å². The third-order valence-corrected chi connectivity index (χ3v) is 2.86. The lowest BCUT2D eigenvalue weighted by Crippen LogP contribution is -2.44. The maximum Gasteiger partial charge on any atom is 0.185 e. The summed E-state index contributed by atoms with van der Waals surface area (Å²) in [4.78, 5) is 2.50. The van der Waals surface area contributed by atoms with E-state index in [1.165, 1.54) is 19.4 Å². The fraction of sp³-hybridized carbons (Fsp3) is 0.900. The Morgan fingerprint density at radius 1 is 1.64 bits per heavy atom. The SMILES string of the molecule is CC(C)N1CCCC(CNC(=N)N)C1. The first-order valence-corrected chi connectivity index (χ1v) is 5.41. The van der Waals surface area contributed by atoms with Crippen molar-refractivity contribution in [1.82, 2.24) is 10.2 Å².